The molecule has 1 aromatic carbocycles. The first kappa shape index (κ1) is 11.2. The zero-order valence-electron chi connectivity index (χ0n) is 9.08. The van der Waals surface area contributed by atoms with E-state index in [1.807, 2.05) is 0 Å². The van der Waals surface area contributed by atoms with Gasteiger partial charge in [-0.05, 0) is 12.1 Å². The van der Waals surface area contributed by atoms with Crippen molar-refractivity contribution in [2.45, 2.75) is 6.54 Å². The van der Waals surface area contributed by atoms with Crippen LogP contribution in [-0.2, 0) is 16.2 Å². The van der Waals surface area contributed by atoms with Crippen LogP contribution < -0.4 is 11.0 Å². The Hall–Kier alpha value is -2.28. The number of carbonyl (C=O) groups is 1. The summed E-state index contributed by atoms with van der Waals surface area (Å²) in [5, 5.41) is 7.94. The molecule has 1 aromatic heterocycles. The van der Waals surface area contributed by atoms with Crippen LogP contribution in [0.25, 0.3) is 10.9 Å². The van der Waals surface area contributed by atoms with Crippen LogP contribution in [0.3, 0.4) is 0 Å². The summed E-state index contributed by atoms with van der Waals surface area (Å²) < 4.78 is 0.983. The van der Waals surface area contributed by atoms with E-state index in [1.165, 1.54) is 7.11 Å². The number of hydroxylamine groups is 1. The lowest BCUT2D eigenvalue weighted by molar-refractivity contribution is -0.132. The van der Waals surface area contributed by atoms with Crippen LogP contribution in [0.1, 0.15) is 0 Å². The molecular formula is C10H10N4O3. The van der Waals surface area contributed by atoms with Gasteiger partial charge in [-0.15, -0.1) is 5.10 Å². The summed E-state index contributed by atoms with van der Waals surface area (Å²) in [7, 11) is 1.31. The molecule has 2 aromatic rings. The van der Waals surface area contributed by atoms with E-state index >= 15 is 0 Å². The largest absolute Gasteiger partial charge is 0.278 e. The molecule has 0 aliphatic carbocycles. The molecule has 0 aliphatic rings. The fraction of sp³-hybridized carbons (Fsp3) is 0.200. The molecule has 1 amide bonds. The Morgan fingerprint density at radius 3 is 3.00 bits per heavy atom. The van der Waals surface area contributed by atoms with E-state index in [0.29, 0.717) is 10.9 Å². The molecule has 0 aliphatic heterocycles. The van der Waals surface area contributed by atoms with Gasteiger partial charge in [0.15, 0.2) is 0 Å². The maximum Gasteiger partial charge on any atom is 0.278 e. The Morgan fingerprint density at radius 2 is 2.24 bits per heavy atom. The van der Waals surface area contributed by atoms with Gasteiger partial charge in [-0.3, -0.25) is 14.4 Å². The van der Waals surface area contributed by atoms with Gasteiger partial charge in [-0.25, -0.2) is 10.2 Å². The van der Waals surface area contributed by atoms with Crippen LogP contribution in [0.15, 0.2) is 29.1 Å². The SMILES string of the molecule is CONC(=O)Cn1nnc2ccccc2c1=O. The lowest BCUT2D eigenvalue weighted by atomic mass is 10.2. The Balaban J connectivity index is 2.39. The third-order valence-corrected chi connectivity index (χ3v) is 2.14. The van der Waals surface area contributed by atoms with Crippen molar-refractivity contribution in [1.82, 2.24) is 20.5 Å². The Morgan fingerprint density at radius 1 is 1.47 bits per heavy atom. The molecule has 0 unspecified atom stereocenters. The molecular weight excluding hydrogens is 224 g/mol. The van der Waals surface area contributed by atoms with E-state index in [0.717, 1.165) is 4.68 Å². The highest BCUT2D eigenvalue weighted by Gasteiger charge is 2.08. The van der Waals surface area contributed by atoms with Crippen LogP contribution in [0.4, 0.5) is 0 Å². The summed E-state index contributed by atoms with van der Waals surface area (Å²) in [5.74, 6) is -0.473. The fourth-order valence-corrected chi connectivity index (χ4v) is 1.41. The predicted octanol–water partition coefficient (Wildman–Crippen LogP) is -0.531. The summed E-state index contributed by atoms with van der Waals surface area (Å²) in [6.45, 7) is -0.232. The molecule has 0 atom stereocenters. The Labute approximate surface area is 96.0 Å². The molecule has 7 heteroatoms. The Bertz CT molecular complexity index is 608. The van der Waals surface area contributed by atoms with E-state index in [1.54, 1.807) is 24.3 Å². The predicted molar refractivity (Wildman–Crippen MR) is 58.9 cm³/mol. The maximum atomic E-state index is 11.9. The first-order chi connectivity index (χ1) is 8.22. The number of benzene rings is 1. The van der Waals surface area contributed by atoms with Crippen molar-refractivity contribution in [1.29, 1.82) is 0 Å². The van der Waals surface area contributed by atoms with Crippen molar-refractivity contribution >= 4 is 16.8 Å². The molecule has 0 bridgehead atoms. The van der Waals surface area contributed by atoms with Gasteiger partial charge in [0.05, 0.1) is 12.5 Å². The zero-order valence-corrected chi connectivity index (χ0v) is 9.08. The smallest absolute Gasteiger partial charge is 0.277 e. The number of aromatic nitrogens is 3. The molecule has 7 nitrogen and oxygen atoms in total. The van der Waals surface area contributed by atoms with Crippen LogP contribution in [-0.4, -0.2) is 28.0 Å². The number of hydrogen-bond acceptors (Lipinski definition) is 5. The van der Waals surface area contributed by atoms with Crippen LogP contribution in [0.5, 0.6) is 0 Å². The molecule has 1 heterocycles. The maximum absolute atomic E-state index is 11.9. The van der Waals surface area contributed by atoms with Gasteiger partial charge in [0.25, 0.3) is 11.5 Å². The average Bonchev–Trinajstić information content (AvgIpc) is 2.33. The van der Waals surface area contributed by atoms with Crippen molar-refractivity contribution < 1.29 is 9.63 Å². The normalized spacial score (nSPS) is 10.4. The molecule has 1 N–H and O–H groups in total. The topological polar surface area (TPSA) is 86.1 Å². The molecule has 0 radical (unpaired) electrons. The highest BCUT2D eigenvalue weighted by molar-refractivity contribution is 5.77. The monoisotopic (exact) mass is 234 g/mol. The van der Waals surface area contributed by atoms with Gasteiger partial charge in [0, 0.05) is 0 Å². The third kappa shape index (κ3) is 2.28. The molecule has 0 saturated carbocycles. The lowest BCUT2D eigenvalue weighted by Crippen LogP contribution is -2.33. The van der Waals surface area contributed by atoms with Gasteiger partial charge in [-0.1, -0.05) is 17.3 Å². The fourth-order valence-electron chi connectivity index (χ4n) is 1.41. The number of nitrogens with zero attached hydrogens (tertiary/aromatic N) is 3. The van der Waals surface area contributed by atoms with Crippen molar-refractivity contribution in [3.8, 4) is 0 Å². The standard InChI is InChI=1S/C10H10N4O3/c1-17-12-9(15)6-14-10(16)7-4-2-3-5-8(7)11-13-14/h2-5H,6H2,1H3,(H,12,15). The lowest BCUT2D eigenvalue weighted by Gasteiger charge is -2.04. The van der Waals surface area contributed by atoms with E-state index in [2.05, 4.69) is 20.6 Å². The van der Waals surface area contributed by atoms with Crippen LogP contribution in [0.2, 0.25) is 0 Å². The molecule has 0 fully saturated rings. The van der Waals surface area contributed by atoms with E-state index in [4.69, 9.17) is 0 Å². The first-order valence-corrected chi connectivity index (χ1v) is 4.86. The van der Waals surface area contributed by atoms with Gasteiger partial charge >= 0.3 is 0 Å². The first-order valence-electron chi connectivity index (χ1n) is 4.86. The summed E-state index contributed by atoms with van der Waals surface area (Å²) in [6.07, 6.45) is 0. The summed E-state index contributed by atoms with van der Waals surface area (Å²) in [4.78, 5) is 27.6. The second kappa shape index (κ2) is 4.71. The Kier molecular flexibility index (Phi) is 3.10. The minimum absolute atomic E-state index is 0.232. The minimum atomic E-state index is -0.473. The van der Waals surface area contributed by atoms with Crippen molar-refractivity contribution in [2.24, 2.45) is 0 Å². The van der Waals surface area contributed by atoms with Gasteiger partial charge in [0.1, 0.15) is 12.1 Å². The molecule has 17 heavy (non-hydrogen) atoms. The van der Waals surface area contributed by atoms with Crippen molar-refractivity contribution in [3.05, 3.63) is 34.6 Å². The van der Waals surface area contributed by atoms with E-state index < -0.39 is 5.91 Å². The van der Waals surface area contributed by atoms with Gasteiger partial charge in [-0.2, -0.15) is 0 Å². The number of hydrogen-bond donors (Lipinski definition) is 1. The average molecular weight is 234 g/mol. The molecule has 2 rings (SSSR count). The van der Waals surface area contributed by atoms with E-state index in [9.17, 15) is 9.59 Å². The number of rotatable bonds is 3. The molecule has 88 valence electrons. The summed E-state index contributed by atoms with van der Waals surface area (Å²) >= 11 is 0. The zero-order chi connectivity index (χ0) is 12.3. The number of nitrogens with one attached hydrogen (secondary N) is 1. The molecule has 0 spiro atoms. The second-order valence-electron chi connectivity index (χ2n) is 3.30. The molecule has 0 saturated heterocycles. The van der Waals surface area contributed by atoms with Crippen molar-refractivity contribution in [3.63, 3.8) is 0 Å². The number of amides is 1. The highest BCUT2D eigenvalue weighted by atomic mass is 16.6. The highest BCUT2D eigenvalue weighted by Crippen LogP contribution is 2.02. The van der Waals surface area contributed by atoms with Crippen molar-refractivity contribution in [2.75, 3.05) is 7.11 Å². The van der Waals surface area contributed by atoms with E-state index in [-0.39, 0.29) is 12.1 Å². The van der Waals surface area contributed by atoms with Gasteiger partial charge < -0.3 is 0 Å². The quantitative estimate of drug-likeness (QED) is 0.721. The summed E-state index contributed by atoms with van der Waals surface area (Å²) in [6, 6.07) is 6.81. The van der Waals surface area contributed by atoms with Crippen LogP contribution in [0, 0.1) is 0 Å². The number of fused-ring (bicyclic) bond motifs is 1. The second-order valence-corrected chi connectivity index (χ2v) is 3.30. The number of carbonyl (C=O) groups excluding carboxylic acids is 1. The van der Waals surface area contributed by atoms with Crippen LogP contribution >= 0.6 is 0 Å². The third-order valence-electron chi connectivity index (χ3n) is 2.14. The summed E-state index contributed by atoms with van der Waals surface area (Å²) in [5.41, 5.74) is 2.24. The minimum Gasteiger partial charge on any atom is -0.277 e. The van der Waals surface area contributed by atoms with Gasteiger partial charge in [0.2, 0.25) is 0 Å².